The van der Waals surface area contributed by atoms with Crippen molar-refractivity contribution in [2.75, 3.05) is 19.0 Å². The average molecular weight is 565 g/mol. The Morgan fingerprint density at radius 1 is 0.902 bits per heavy atom. The van der Waals surface area contributed by atoms with Gasteiger partial charge in [-0.1, -0.05) is 72.3 Å². The van der Waals surface area contributed by atoms with Crippen molar-refractivity contribution in [1.29, 1.82) is 0 Å². The Morgan fingerprint density at radius 2 is 1.59 bits per heavy atom. The lowest BCUT2D eigenvalue weighted by atomic mass is 10.1. The van der Waals surface area contributed by atoms with E-state index in [1.54, 1.807) is 34.8 Å². The van der Waals surface area contributed by atoms with E-state index < -0.39 is 0 Å². The molecule has 0 saturated heterocycles. The number of aryl methyl sites for hydroxylation is 1. The van der Waals surface area contributed by atoms with Crippen LogP contribution in [0.2, 0.25) is 5.02 Å². The second kappa shape index (κ2) is 12.5. The summed E-state index contributed by atoms with van der Waals surface area (Å²) in [6.45, 7) is 2.01. The Hall–Kier alpha value is -4.88. The lowest BCUT2D eigenvalue weighted by Gasteiger charge is -2.23. The Balaban J connectivity index is 1.45. The van der Waals surface area contributed by atoms with Crippen LogP contribution in [-0.2, 0) is 11.3 Å². The SMILES string of the molecule is COc1ccc(-n2cc(-c3ccc(Cl)cc3)nc2NC(=O)CN(Cc2ccccc2)C(=O)c2ccccc2C)cc1. The largest absolute Gasteiger partial charge is 0.497 e. The summed E-state index contributed by atoms with van der Waals surface area (Å²) in [6.07, 6.45) is 1.85. The van der Waals surface area contributed by atoms with Gasteiger partial charge in [-0.15, -0.1) is 0 Å². The molecule has 0 unspecified atom stereocenters. The second-order valence-electron chi connectivity index (χ2n) is 9.53. The molecule has 4 aromatic carbocycles. The van der Waals surface area contributed by atoms with Crippen LogP contribution in [0.1, 0.15) is 21.5 Å². The van der Waals surface area contributed by atoms with Gasteiger partial charge in [0.2, 0.25) is 11.9 Å². The second-order valence-corrected chi connectivity index (χ2v) is 9.97. The molecule has 0 aliphatic heterocycles. The van der Waals surface area contributed by atoms with Crippen molar-refractivity contribution in [3.8, 4) is 22.7 Å². The molecular formula is C33H29ClN4O3. The molecule has 2 amide bonds. The van der Waals surface area contributed by atoms with Crippen molar-refractivity contribution in [3.63, 3.8) is 0 Å². The van der Waals surface area contributed by atoms with Gasteiger partial charge in [-0.25, -0.2) is 4.98 Å². The van der Waals surface area contributed by atoms with Crippen LogP contribution in [0.25, 0.3) is 16.9 Å². The topological polar surface area (TPSA) is 76.5 Å². The number of imidazole rings is 1. The Labute approximate surface area is 244 Å². The van der Waals surface area contributed by atoms with Crippen molar-refractivity contribution >= 4 is 29.4 Å². The Kier molecular flexibility index (Phi) is 8.46. The van der Waals surface area contributed by atoms with Crippen LogP contribution in [-0.4, -0.2) is 39.9 Å². The van der Waals surface area contributed by atoms with Gasteiger partial charge in [-0.05, 0) is 60.5 Å². The molecule has 0 bridgehead atoms. The van der Waals surface area contributed by atoms with E-state index in [1.165, 1.54) is 0 Å². The summed E-state index contributed by atoms with van der Waals surface area (Å²) < 4.78 is 7.10. The molecule has 7 nitrogen and oxygen atoms in total. The number of hydrogen-bond acceptors (Lipinski definition) is 4. The van der Waals surface area contributed by atoms with Gasteiger partial charge in [0.1, 0.15) is 12.3 Å². The highest BCUT2D eigenvalue weighted by Crippen LogP contribution is 2.27. The summed E-state index contributed by atoms with van der Waals surface area (Å²) in [4.78, 5) is 33.4. The van der Waals surface area contributed by atoms with Crippen molar-refractivity contribution in [2.24, 2.45) is 0 Å². The van der Waals surface area contributed by atoms with Gasteiger partial charge in [0, 0.05) is 34.6 Å². The molecular weight excluding hydrogens is 536 g/mol. The summed E-state index contributed by atoms with van der Waals surface area (Å²) in [5.74, 6) is 0.449. The first-order valence-corrected chi connectivity index (χ1v) is 13.5. The zero-order valence-electron chi connectivity index (χ0n) is 22.8. The van der Waals surface area contributed by atoms with Crippen LogP contribution in [0.15, 0.2) is 109 Å². The van der Waals surface area contributed by atoms with Crippen LogP contribution in [0.3, 0.4) is 0 Å². The Bertz CT molecular complexity index is 1650. The number of halogens is 1. The monoisotopic (exact) mass is 564 g/mol. The van der Waals surface area contributed by atoms with E-state index in [0.29, 0.717) is 28.0 Å². The predicted octanol–water partition coefficient (Wildman–Crippen LogP) is 6.79. The molecule has 0 radical (unpaired) electrons. The van der Waals surface area contributed by atoms with Crippen molar-refractivity contribution < 1.29 is 14.3 Å². The third-order valence-corrected chi connectivity index (χ3v) is 6.91. The third-order valence-electron chi connectivity index (χ3n) is 6.66. The molecule has 8 heteroatoms. The van der Waals surface area contributed by atoms with Gasteiger partial charge in [0.05, 0.1) is 12.8 Å². The summed E-state index contributed by atoms with van der Waals surface area (Å²) in [5, 5.41) is 3.56. The first kappa shape index (κ1) is 27.7. The lowest BCUT2D eigenvalue weighted by Crippen LogP contribution is -2.38. The minimum absolute atomic E-state index is 0.159. The number of amides is 2. The molecule has 41 heavy (non-hydrogen) atoms. The molecule has 1 heterocycles. The van der Waals surface area contributed by atoms with E-state index in [-0.39, 0.29) is 24.9 Å². The number of nitrogens with one attached hydrogen (secondary N) is 1. The van der Waals surface area contributed by atoms with Crippen LogP contribution in [0, 0.1) is 6.92 Å². The standard InChI is InChI=1S/C33H29ClN4O3/c1-23-8-6-7-11-29(23)32(40)37(20-24-9-4-3-5-10-24)22-31(39)36-33-35-30(25-12-14-26(34)15-13-25)21-38(33)27-16-18-28(41-2)19-17-27/h3-19,21H,20,22H2,1-2H3,(H,35,36,39). The predicted molar refractivity (Wildman–Crippen MR) is 162 cm³/mol. The number of hydrogen-bond donors (Lipinski definition) is 1. The van der Waals surface area contributed by atoms with E-state index in [0.717, 1.165) is 22.4 Å². The fourth-order valence-electron chi connectivity index (χ4n) is 4.49. The maximum atomic E-state index is 13.6. The number of anilines is 1. The number of ether oxygens (including phenoxy) is 1. The van der Waals surface area contributed by atoms with Crippen LogP contribution in [0.4, 0.5) is 5.95 Å². The van der Waals surface area contributed by atoms with Crippen LogP contribution >= 0.6 is 11.6 Å². The summed E-state index contributed by atoms with van der Waals surface area (Å²) in [6, 6.07) is 31.8. The average Bonchev–Trinajstić information content (AvgIpc) is 3.41. The lowest BCUT2D eigenvalue weighted by molar-refractivity contribution is -0.117. The number of methoxy groups -OCH3 is 1. The summed E-state index contributed by atoms with van der Waals surface area (Å²) in [7, 11) is 1.61. The smallest absolute Gasteiger partial charge is 0.254 e. The number of carbonyl (C=O) groups is 2. The van der Waals surface area contributed by atoms with Crippen molar-refractivity contribution in [2.45, 2.75) is 13.5 Å². The van der Waals surface area contributed by atoms with Gasteiger partial charge in [0.15, 0.2) is 0 Å². The van der Waals surface area contributed by atoms with Crippen molar-refractivity contribution in [1.82, 2.24) is 14.5 Å². The third kappa shape index (κ3) is 6.65. The van der Waals surface area contributed by atoms with Gasteiger partial charge in [-0.2, -0.15) is 0 Å². The summed E-state index contributed by atoms with van der Waals surface area (Å²) in [5.41, 5.74) is 4.61. The molecule has 0 fully saturated rings. The molecule has 0 saturated carbocycles. The zero-order chi connectivity index (χ0) is 28.8. The first-order chi connectivity index (χ1) is 19.9. The molecule has 0 aliphatic carbocycles. The molecule has 0 atom stereocenters. The van der Waals surface area contributed by atoms with E-state index in [2.05, 4.69) is 5.32 Å². The van der Waals surface area contributed by atoms with Crippen LogP contribution < -0.4 is 10.1 Å². The van der Waals surface area contributed by atoms with E-state index in [1.807, 2.05) is 98.0 Å². The highest BCUT2D eigenvalue weighted by atomic mass is 35.5. The number of carbonyl (C=O) groups excluding carboxylic acids is 2. The number of rotatable bonds is 9. The molecule has 5 aromatic rings. The fourth-order valence-corrected chi connectivity index (χ4v) is 4.62. The highest BCUT2D eigenvalue weighted by molar-refractivity contribution is 6.30. The van der Waals surface area contributed by atoms with Gasteiger partial charge >= 0.3 is 0 Å². The minimum atomic E-state index is -0.370. The van der Waals surface area contributed by atoms with Gasteiger partial charge < -0.3 is 9.64 Å². The van der Waals surface area contributed by atoms with Gasteiger partial charge in [0.25, 0.3) is 5.91 Å². The fraction of sp³-hybridized carbons (Fsp3) is 0.121. The molecule has 5 rings (SSSR count). The molecule has 1 N–H and O–H groups in total. The summed E-state index contributed by atoms with van der Waals surface area (Å²) >= 11 is 6.09. The van der Waals surface area contributed by atoms with Gasteiger partial charge in [-0.3, -0.25) is 19.5 Å². The molecule has 1 aromatic heterocycles. The van der Waals surface area contributed by atoms with E-state index in [4.69, 9.17) is 21.3 Å². The molecule has 206 valence electrons. The minimum Gasteiger partial charge on any atom is -0.497 e. The first-order valence-electron chi connectivity index (χ1n) is 13.1. The maximum absolute atomic E-state index is 13.6. The van der Waals surface area contributed by atoms with E-state index >= 15 is 0 Å². The van der Waals surface area contributed by atoms with Crippen LogP contribution in [0.5, 0.6) is 5.75 Å². The maximum Gasteiger partial charge on any atom is 0.254 e. The zero-order valence-corrected chi connectivity index (χ0v) is 23.5. The highest BCUT2D eigenvalue weighted by Gasteiger charge is 2.22. The quantitative estimate of drug-likeness (QED) is 0.214. The number of nitrogens with zero attached hydrogens (tertiary/aromatic N) is 3. The molecule has 0 aliphatic rings. The molecule has 0 spiro atoms. The number of benzene rings is 4. The normalized spacial score (nSPS) is 10.7. The Morgan fingerprint density at radius 3 is 2.27 bits per heavy atom. The number of aromatic nitrogens is 2. The van der Waals surface area contributed by atoms with E-state index in [9.17, 15) is 9.59 Å². The van der Waals surface area contributed by atoms with Crippen molar-refractivity contribution in [3.05, 3.63) is 131 Å².